The lowest BCUT2D eigenvalue weighted by Gasteiger charge is -2.10. The standard InChI is InChI=1S/C17H13F4N3O2S/c1-9-14(16(25)26)27-15(22-9)12-8-13(17(19,20)21)24(23-12)7-6-10-2-4-11(18)5-3-10/h2-5,8H,6-7H2,1H3,(H,25,26). The zero-order chi connectivity index (χ0) is 19.8. The largest absolute Gasteiger partial charge is 0.477 e. The fraction of sp³-hybridized carbons (Fsp3) is 0.235. The van der Waals surface area contributed by atoms with E-state index in [0.29, 0.717) is 5.56 Å². The topological polar surface area (TPSA) is 68.0 Å². The maximum absolute atomic E-state index is 13.3. The van der Waals surface area contributed by atoms with E-state index in [2.05, 4.69) is 10.1 Å². The summed E-state index contributed by atoms with van der Waals surface area (Å²) in [4.78, 5) is 15.1. The van der Waals surface area contributed by atoms with Gasteiger partial charge >= 0.3 is 12.1 Å². The average Bonchev–Trinajstić information content (AvgIpc) is 3.17. The van der Waals surface area contributed by atoms with Crippen LogP contribution >= 0.6 is 11.3 Å². The van der Waals surface area contributed by atoms with Crippen LogP contribution in [-0.2, 0) is 19.1 Å². The van der Waals surface area contributed by atoms with E-state index in [0.717, 1.165) is 22.1 Å². The molecule has 2 heterocycles. The van der Waals surface area contributed by atoms with Crippen LogP contribution in [0.4, 0.5) is 17.6 Å². The monoisotopic (exact) mass is 399 g/mol. The minimum Gasteiger partial charge on any atom is -0.477 e. The van der Waals surface area contributed by atoms with E-state index in [1.807, 2.05) is 0 Å². The summed E-state index contributed by atoms with van der Waals surface area (Å²) in [5.74, 6) is -1.62. The zero-order valence-corrected chi connectivity index (χ0v) is 14.7. The van der Waals surface area contributed by atoms with Crippen LogP contribution in [0.1, 0.15) is 26.6 Å². The van der Waals surface area contributed by atoms with Crippen LogP contribution in [0.2, 0.25) is 0 Å². The molecule has 0 amide bonds. The van der Waals surface area contributed by atoms with E-state index in [4.69, 9.17) is 5.11 Å². The van der Waals surface area contributed by atoms with Gasteiger partial charge in [-0.1, -0.05) is 12.1 Å². The Morgan fingerprint density at radius 3 is 2.48 bits per heavy atom. The van der Waals surface area contributed by atoms with Crippen molar-refractivity contribution in [3.05, 3.63) is 58.0 Å². The van der Waals surface area contributed by atoms with Gasteiger partial charge < -0.3 is 5.11 Å². The van der Waals surface area contributed by atoms with E-state index < -0.39 is 23.7 Å². The molecule has 0 saturated carbocycles. The molecule has 0 saturated heterocycles. The molecule has 0 atom stereocenters. The molecule has 0 aliphatic heterocycles. The lowest BCUT2D eigenvalue weighted by Crippen LogP contribution is -2.15. The molecular formula is C17H13F4N3O2S. The van der Waals surface area contributed by atoms with Crippen molar-refractivity contribution in [3.8, 4) is 10.7 Å². The Morgan fingerprint density at radius 1 is 1.26 bits per heavy atom. The third-order valence-corrected chi connectivity index (χ3v) is 4.97. The van der Waals surface area contributed by atoms with Gasteiger partial charge in [0.1, 0.15) is 27.1 Å². The first-order valence-electron chi connectivity index (χ1n) is 7.75. The predicted molar refractivity (Wildman–Crippen MR) is 90.1 cm³/mol. The lowest BCUT2D eigenvalue weighted by molar-refractivity contribution is -0.144. The van der Waals surface area contributed by atoms with Crippen LogP contribution in [0.3, 0.4) is 0 Å². The average molecular weight is 399 g/mol. The van der Waals surface area contributed by atoms with Crippen LogP contribution < -0.4 is 0 Å². The van der Waals surface area contributed by atoms with Gasteiger partial charge in [-0.25, -0.2) is 14.2 Å². The molecule has 5 nitrogen and oxygen atoms in total. The van der Waals surface area contributed by atoms with Gasteiger partial charge in [-0.15, -0.1) is 11.3 Å². The van der Waals surface area contributed by atoms with E-state index in [1.54, 1.807) is 0 Å². The fourth-order valence-corrected chi connectivity index (χ4v) is 3.37. The minimum atomic E-state index is -4.63. The Kier molecular flexibility index (Phi) is 5.01. The van der Waals surface area contributed by atoms with Crippen molar-refractivity contribution in [3.63, 3.8) is 0 Å². The molecule has 0 unspecified atom stereocenters. The second-order valence-corrected chi connectivity index (χ2v) is 6.75. The molecule has 0 bridgehead atoms. The molecule has 142 valence electrons. The third kappa shape index (κ3) is 4.16. The number of hydrogen-bond acceptors (Lipinski definition) is 4. The van der Waals surface area contributed by atoms with Gasteiger partial charge in [-0.2, -0.15) is 18.3 Å². The number of aromatic carboxylic acids is 1. The highest BCUT2D eigenvalue weighted by Gasteiger charge is 2.36. The molecule has 3 rings (SSSR count). The minimum absolute atomic E-state index is 0.0398. The van der Waals surface area contributed by atoms with Crippen LogP contribution in [0.5, 0.6) is 0 Å². The first-order valence-corrected chi connectivity index (χ1v) is 8.57. The molecule has 1 N–H and O–H groups in total. The Morgan fingerprint density at radius 2 is 1.93 bits per heavy atom. The van der Waals surface area contributed by atoms with Gasteiger partial charge in [-0.3, -0.25) is 4.68 Å². The van der Waals surface area contributed by atoms with Crippen molar-refractivity contribution < 1.29 is 27.5 Å². The van der Waals surface area contributed by atoms with Crippen molar-refractivity contribution in [1.82, 2.24) is 14.8 Å². The summed E-state index contributed by atoms with van der Waals surface area (Å²) in [5.41, 5.74) is -0.108. The number of rotatable bonds is 5. The summed E-state index contributed by atoms with van der Waals surface area (Å²) >= 11 is 0.774. The van der Waals surface area contributed by atoms with Crippen LogP contribution in [0.15, 0.2) is 30.3 Å². The Balaban J connectivity index is 1.92. The summed E-state index contributed by atoms with van der Waals surface area (Å²) in [6.07, 6.45) is -4.41. The SMILES string of the molecule is Cc1nc(-c2cc(C(F)(F)F)n(CCc3ccc(F)cc3)n2)sc1C(=O)O. The van der Waals surface area contributed by atoms with Gasteiger partial charge in [0, 0.05) is 6.54 Å². The van der Waals surface area contributed by atoms with E-state index in [1.165, 1.54) is 31.2 Å². The number of halogens is 4. The molecule has 27 heavy (non-hydrogen) atoms. The number of carbonyl (C=O) groups is 1. The summed E-state index contributed by atoms with van der Waals surface area (Å²) in [6, 6.07) is 6.32. The number of thiazole rings is 1. The maximum Gasteiger partial charge on any atom is 0.433 e. The quantitative estimate of drug-likeness (QED) is 0.645. The molecule has 0 radical (unpaired) electrons. The molecule has 0 aliphatic rings. The smallest absolute Gasteiger partial charge is 0.433 e. The van der Waals surface area contributed by atoms with Gasteiger partial charge in [-0.05, 0) is 37.1 Å². The van der Waals surface area contributed by atoms with E-state index in [-0.39, 0.29) is 34.2 Å². The first kappa shape index (κ1) is 19.0. The molecule has 10 heteroatoms. The van der Waals surface area contributed by atoms with Crippen molar-refractivity contribution in [2.45, 2.75) is 26.1 Å². The lowest BCUT2D eigenvalue weighted by atomic mass is 10.1. The Hall–Kier alpha value is -2.75. The molecular weight excluding hydrogens is 386 g/mol. The Bertz CT molecular complexity index is 977. The summed E-state index contributed by atoms with van der Waals surface area (Å²) in [6.45, 7) is 1.40. The number of carboxylic acids is 1. The third-order valence-electron chi connectivity index (χ3n) is 3.81. The normalized spacial score (nSPS) is 11.7. The van der Waals surface area contributed by atoms with Crippen molar-refractivity contribution in [2.24, 2.45) is 0 Å². The molecule has 2 aromatic heterocycles. The summed E-state index contributed by atoms with van der Waals surface area (Å²) in [7, 11) is 0. The van der Waals surface area contributed by atoms with Gasteiger partial charge in [0.15, 0.2) is 0 Å². The van der Waals surface area contributed by atoms with Crippen molar-refractivity contribution in [1.29, 1.82) is 0 Å². The molecule has 0 spiro atoms. The number of aromatic nitrogens is 3. The maximum atomic E-state index is 13.3. The second-order valence-electron chi connectivity index (χ2n) is 5.75. The molecule has 0 aliphatic carbocycles. The fourth-order valence-electron chi connectivity index (χ4n) is 2.51. The van der Waals surface area contributed by atoms with E-state index >= 15 is 0 Å². The first-order chi connectivity index (χ1) is 12.6. The number of benzene rings is 1. The highest BCUT2D eigenvalue weighted by atomic mass is 32.1. The number of aryl methyl sites for hydroxylation is 3. The highest BCUT2D eigenvalue weighted by Crippen LogP contribution is 2.34. The van der Waals surface area contributed by atoms with Crippen LogP contribution in [-0.4, -0.2) is 25.8 Å². The molecule has 0 fully saturated rings. The Labute approximate surface area is 154 Å². The van der Waals surface area contributed by atoms with Gasteiger partial charge in [0.05, 0.1) is 5.69 Å². The highest BCUT2D eigenvalue weighted by molar-refractivity contribution is 7.17. The van der Waals surface area contributed by atoms with E-state index in [9.17, 15) is 22.4 Å². The summed E-state index contributed by atoms with van der Waals surface area (Å²) in [5, 5.41) is 13.2. The number of nitrogens with zero attached hydrogens (tertiary/aromatic N) is 3. The summed E-state index contributed by atoms with van der Waals surface area (Å²) < 4.78 is 53.8. The number of hydrogen-bond donors (Lipinski definition) is 1. The zero-order valence-electron chi connectivity index (χ0n) is 13.9. The number of alkyl halides is 3. The second kappa shape index (κ2) is 7.10. The van der Waals surface area contributed by atoms with Gasteiger partial charge in [0.25, 0.3) is 0 Å². The van der Waals surface area contributed by atoms with Crippen molar-refractivity contribution in [2.75, 3.05) is 0 Å². The van der Waals surface area contributed by atoms with Gasteiger partial charge in [0.2, 0.25) is 0 Å². The van der Waals surface area contributed by atoms with Crippen LogP contribution in [0.25, 0.3) is 10.7 Å². The molecule has 3 aromatic rings. The molecule has 1 aromatic carbocycles. The van der Waals surface area contributed by atoms with Crippen LogP contribution in [0, 0.1) is 12.7 Å². The van der Waals surface area contributed by atoms with Crippen molar-refractivity contribution >= 4 is 17.3 Å². The number of carboxylic acid groups (broad SMARTS) is 1. The predicted octanol–water partition coefficient (Wildman–Crippen LogP) is 4.41.